The van der Waals surface area contributed by atoms with E-state index in [0.717, 1.165) is 17.7 Å². The van der Waals surface area contributed by atoms with Gasteiger partial charge in [0.1, 0.15) is 29.6 Å². The van der Waals surface area contributed by atoms with Crippen molar-refractivity contribution in [2.24, 2.45) is 0 Å². The van der Waals surface area contributed by atoms with Crippen molar-refractivity contribution >= 4 is 17.8 Å². The number of hydrogen-bond acceptors (Lipinski definition) is 5. The second-order valence-corrected chi connectivity index (χ2v) is 10.6. The number of fused-ring (bicyclic) bond motifs is 1. The summed E-state index contributed by atoms with van der Waals surface area (Å²) in [5.74, 6) is 0.121. The van der Waals surface area contributed by atoms with Crippen molar-refractivity contribution in [2.45, 2.75) is 44.7 Å². The fourth-order valence-electron chi connectivity index (χ4n) is 5.65. The number of phenolic OH excluding ortho intramolecular Hbond substituents is 1. The normalized spacial score (nSPS) is 20.5. The van der Waals surface area contributed by atoms with Crippen molar-refractivity contribution in [1.82, 2.24) is 25.1 Å². The average molecular weight is 588 g/mol. The second kappa shape index (κ2) is 12.5. The lowest BCUT2D eigenvalue weighted by atomic mass is 9.94. The zero-order chi connectivity index (χ0) is 30.7. The predicted octanol–water partition coefficient (Wildman–Crippen LogP) is 3.24. The standard InChI is InChI=1S/C32H31F2N5O4/c1-3-15-36-20-29(41)38-28(16-22-9-13-26(40)14-10-22)31(42)37(19-24-11-12-25(33)17-27(24)34)21(2)30(38)39(36)32(43)35-18-23-7-5-4-6-8-23/h1,4-14,17,21,28,30,40H,15-16,18-20H2,2H3,(H,35,43)/t21-,28-,30-/m0/s1. The van der Waals surface area contributed by atoms with Gasteiger partial charge in [-0.3, -0.25) is 9.59 Å². The minimum Gasteiger partial charge on any atom is -0.508 e. The quantitative estimate of drug-likeness (QED) is 0.414. The SMILES string of the molecule is C#CCN1CC(=O)N2[C@@H](Cc3ccc(O)cc3)C(=O)N(Cc3ccc(F)cc3F)[C@@H](C)[C@@H]2N1C(=O)NCc1ccccc1. The number of aromatic hydroxyl groups is 1. The summed E-state index contributed by atoms with van der Waals surface area (Å²) in [5.41, 5.74) is 1.60. The highest BCUT2D eigenvalue weighted by Gasteiger charge is 2.54. The van der Waals surface area contributed by atoms with Crippen LogP contribution in [0.3, 0.4) is 0 Å². The first-order valence-corrected chi connectivity index (χ1v) is 13.8. The van der Waals surface area contributed by atoms with E-state index in [0.29, 0.717) is 5.56 Å². The molecule has 11 heteroatoms. The lowest BCUT2D eigenvalue weighted by Crippen LogP contribution is -2.79. The molecule has 2 aliphatic rings. The molecule has 0 bridgehead atoms. The highest BCUT2D eigenvalue weighted by atomic mass is 19.1. The number of carbonyl (C=O) groups is 3. The van der Waals surface area contributed by atoms with Crippen LogP contribution in [0.5, 0.6) is 5.75 Å². The molecular weight excluding hydrogens is 556 g/mol. The summed E-state index contributed by atoms with van der Waals surface area (Å²) >= 11 is 0. The molecule has 0 unspecified atom stereocenters. The van der Waals surface area contributed by atoms with Gasteiger partial charge in [-0.25, -0.2) is 18.6 Å². The number of nitrogens with zero attached hydrogens (tertiary/aromatic N) is 4. The molecule has 0 radical (unpaired) electrons. The maximum Gasteiger partial charge on any atom is 0.334 e. The van der Waals surface area contributed by atoms with Crippen LogP contribution in [0.1, 0.15) is 23.6 Å². The molecule has 4 amide bonds. The van der Waals surface area contributed by atoms with Crippen molar-refractivity contribution < 1.29 is 28.3 Å². The van der Waals surface area contributed by atoms with Crippen molar-refractivity contribution in [2.75, 3.05) is 13.1 Å². The molecule has 0 saturated carbocycles. The molecule has 222 valence electrons. The molecule has 9 nitrogen and oxygen atoms in total. The summed E-state index contributed by atoms with van der Waals surface area (Å²) in [6, 6.07) is 16.3. The third kappa shape index (κ3) is 6.15. The Labute approximate surface area is 248 Å². The summed E-state index contributed by atoms with van der Waals surface area (Å²) in [5, 5.41) is 15.5. The van der Waals surface area contributed by atoms with Crippen molar-refractivity contribution in [3.8, 4) is 18.1 Å². The Kier molecular flexibility index (Phi) is 8.59. The molecule has 43 heavy (non-hydrogen) atoms. The zero-order valence-electron chi connectivity index (χ0n) is 23.5. The summed E-state index contributed by atoms with van der Waals surface area (Å²) in [4.78, 5) is 44.5. The molecule has 2 N–H and O–H groups in total. The monoisotopic (exact) mass is 587 g/mol. The molecule has 0 spiro atoms. The first-order valence-electron chi connectivity index (χ1n) is 13.8. The van der Waals surface area contributed by atoms with Crippen LogP contribution >= 0.6 is 0 Å². The number of piperazine rings is 1. The molecule has 2 aliphatic heterocycles. The van der Waals surface area contributed by atoms with Crippen LogP contribution in [0.4, 0.5) is 13.6 Å². The van der Waals surface area contributed by atoms with E-state index in [-0.39, 0.29) is 43.9 Å². The van der Waals surface area contributed by atoms with E-state index in [1.54, 1.807) is 19.1 Å². The number of nitrogens with one attached hydrogen (secondary N) is 1. The van der Waals surface area contributed by atoms with E-state index in [1.165, 1.54) is 38.0 Å². The number of hydrogen-bond donors (Lipinski definition) is 2. The Balaban J connectivity index is 1.55. The molecule has 2 heterocycles. The van der Waals surface area contributed by atoms with Crippen LogP contribution < -0.4 is 5.32 Å². The summed E-state index contributed by atoms with van der Waals surface area (Å²) in [6.07, 6.45) is 4.71. The van der Waals surface area contributed by atoms with Gasteiger partial charge in [0.2, 0.25) is 11.8 Å². The third-order valence-corrected chi connectivity index (χ3v) is 7.76. The van der Waals surface area contributed by atoms with E-state index in [4.69, 9.17) is 6.42 Å². The topological polar surface area (TPSA) is 96.4 Å². The maximum absolute atomic E-state index is 14.8. The van der Waals surface area contributed by atoms with E-state index in [9.17, 15) is 28.3 Å². The summed E-state index contributed by atoms with van der Waals surface area (Å²) < 4.78 is 28.5. The molecule has 3 atom stereocenters. The first-order chi connectivity index (χ1) is 20.7. The average Bonchev–Trinajstić information content (AvgIpc) is 2.99. The van der Waals surface area contributed by atoms with Crippen LogP contribution in [0, 0.1) is 24.0 Å². The molecule has 2 fully saturated rings. The van der Waals surface area contributed by atoms with Gasteiger partial charge in [0.25, 0.3) is 0 Å². The molecule has 3 aromatic rings. The number of amides is 4. The number of carbonyl (C=O) groups excluding carboxylic acids is 3. The molecule has 3 aromatic carbocycles. The Morgan fingerprint density at radius 3 is 2.44 bits per heavy atom. The number of terminal acetylenes is 1. The van der Waals surface area contributed by atoms with Crippen LogP contribution in [0.2, 0.25) is 0 Å². The Bertz CT molecular complexity index is 1550. The van der Waals surface area contributed by atoms with Gasteiger partial charge in [-0.15, -0.1) is 6.42 Å². The number of hydrazine groups is 1. The van der Waals surface area contributed by atoms with E-state index >= 15 is 0 Å². The highest BCUT2D eigenvalue weighted by molar-refractivity contribution is 5.92. The molecule has 2 saturated heterocycles. The number of rotatable bonds is 7. The van der Waals surface area contributed by atoms with E-state index in [1.807, 2.05) is 30.3 Å². The van der Waals surface area contributed by atoms with Gasteiger partial charge in [-0.05, 0) is 36.2 Å². The fraction of sp³-hybridized carbons (Fsp3) is 0.281. The largest absolute Gasteiger partial charge is 0.508 e. The zero-order valence-corrected chi connectivity index (χ0v) is 23.5. The lowest BCUT2D eigenvalue weighted by Gasteiger charge is -2.57. The van der Waals surface area contributed by atoms with Crippen molar-refractivity contribution in [3.63, 3.8) is 0 Å². The number of urea groups is 1. The first kappa shape index (κ1) is 29.5. The molecule has 0 aliphatic carbocycles. The van der Waals surface area contributed by atoms with Gasteiger partial charge in [-0.2, -0.15) is 5.01 Å². The van der Waals surface area contributed by atoms with Crippen molar-refractivity contribution in [3.05, 3.63) is 101 Å². The number of halogens is 2. The summed E-state index contributed by atoms with van der Waals surface area (Å²) in [6.45, 7) is 1.38. The fourth-order valence-corrected chi connectivity index (χ4v) is 5.65. The van der Waals surface area contributed by atoms with Gasteiger partial charge in [0.05, 0.1) is 19.1 Å². The minimum absolute atomic E-state index is 0.0406. The predicted molar refractivity (Wildman–Crippen MR) is 154 cm³/mol. The minimum atomic E-state index is -1.06. The molecular formula is C32H31F2N5O4. The van der Waals surface area contributed by atoms with Crippen LogP contribution in [-0.2, 0) is 29.1 Å². The van der Waals surface area contributed by atoms with Crippen LogP contribution in [0.15, 0.2) is 72.8 Å². The highest BCUT2D eigenvalue weighted by Crippen LogP contribution is 2.33. The second-order valence-electron chi connectivity index (χ2n) is 10.6. The molecule has 5 rings (SSSR count). The van der Waals surface area contributed by atoms with E-state index < -0.39 is 47.7 Å². The number of phenols is 1. The van der Waals surface area contributed by atoms with Crippen LogP contribution in [-0.4, -0.2) is 74.1 Å². The molecule has 0 aromatic heterocycles. The number of benzene rings is 3. The smallest absolute Gasteiger partial charge is 0.334 e. The Morgan fingerprint density at radius 1 is 1.05 bits per heavy atom. The lowest BCUT2D eigenvalue weighted by molar-refractivity contribution is -0.198. The van der Waals surface area contributed by atoms with E-state index in [2.05, 4.69) is 11.2 Å². The Morgan fingerprint density at radius 2 is 1.77 bits per heavy atom. The maximum atomic E-state index is 14.8. The third-order valence-electron chi connectivity index (χ3n) is 7.76. The van der Waals surface area contributed by atoms with Crippen LogP contribution in [0.25, 0.3) is 0 Å². The van der Waals surface area contributed by atoms with Gasteiger partial charge in [0.15, 0.2) is 0 Å². The van der Waals surface area contributed by atoms with Gasteiger partial charge in [-0.1, -0.05) is 54.5 Å². The van der Waals surface area contributed by atoms with Gasteiger partial charge >= 0.3 is 6.03 Å². The van der Waals surface area contributed by atoms with Gasteiger partial charge in [0, 0.05) is 31.1 Å². The van der Waals surface area contributed by atoms with Crippen molar-refractivity contribution in [1.29, 1.82) is 0 Å². The van der Waals surface area contributed by atoms with Gasteiger partial charge < -0.3 is 20.2 Å². The Hall–Kier alpha value is -4.95. The summed E-state index contributed by atoms with van der Waals surface area (Å²) in [7, 11) is 0.